The van der Waals surface area contributed by atoms with E-state index >= 15 is 0 Å². The van der Waals surface area contributed by atoms with E-state index in [1.165, 1.54) is 24.2 Å². The number of H-pyrrole nitrogens is 1. The Labute approximate surface area is 147 Å². The van der Waals surface area contributed by atoms with Crippen LogP contribution in [0.5, 0.6) is 5.88 Å². The SMILES string of the molecule is CCC(=O)N1N=C(c2c(O)n(C)c(=O)[nH]c2=O)C[C@@H]1c1ccc(F)cc1. The molecular formula is C17H17FN4O4. The van der Waals surface area contributed by atoms with E-state index < -0.39 is 29.0 Å². The van der Waals surface area contributed by atoms with Gasteiger partial charge >= 0.3 is 5.69 Å². The minimum Gasteiger partial charge on any atom is -0.494 e. The van der Waals surface area contributed by atoms with Crippen molar-refractivity contribution in [3.05, 3.63) is 62.0 Å². The highest BCUT2D eigenvalue weighted by Gasteiger charge is 2.34. The largest absolute Gasteiger partial charge is 0.494 e. The van der Waals surface area contributed by atoms with Gasteiger partial charge in [-0.05, 0) is 17.7 Å². The number of aromatic nitrogens is 2. The zero-order valence-corrected chi connectivity index (χ0v) is 14.2. The summed E-state index contributed by atoms with van der Waals surface area (Å²) in [5.74, 6) is -1.22. The number of hydrogen-bond acceptors (Lipinski definition) is 5. The number of amides is 1. The molecule has 26 heavy (non-hydrogen) atoms. The first-order valence-corrected chi connectivity index (χ1v) is 8.01. The highest BCUT2D eigenvalue weighted by Crippen LogP contribution is 2.33. The fourth-order valence-electron chi connectivity index (χ4n) is 2.87. The summed E-state index contributed by atoms with van der Waals surface area (Å²) in [5, 5.41) is 15.6. The second-order valence-electron chi connectivity index (χ2n) is 5.93. The van der Waals surface area contributed by atoms with E-state index in [1.807, 2.05) is 0 Å². The predicted molar refractivity (Wildman–Crippen MR) is 91.4 cm³/mol. The van der Waals surface area contributed by atoms with Crippen LogP contribution in [0.3, 0.4) is 0 Å². The molecule has 2 aromatic rings. The summed E-state index contributed by atoms with van der Waals surface area (Å²) in [5.41, 5.74) is -0.881. The molecule has 8 nitrogen and oxygen atoms in total. The Morgan fingerprint density at radius 1 is 1.35 bits per heavy atom. The average Bonchev–Trinajstić information content (AvgIpc) is 3.04. The van der Waals surface area contributed by atoms with Gasteiger partial charge in [-0.3, -0.25) is 19.1 Å². The summed E-state index contributed by atoms with van der Waals surface area (Å²) in [4.78, 5) is 38.1. The molecule has 0 saturated heterocycles. The molecule has 3 rings (SSSR count). The zero-order chi connectivity index (χ0) is 19.0. The van der Waals surface area contributed by atoms with Gasteiger partial charge in [0.05, 0.1) is 11.8 Å². The van der Waals surface area contributed by atoms with Crippen molar-refractivity contribution in [1.29, 1.82) is 0 Å². The number of carbonyl (C=O) groups excluding carboxylic acids is 1. The zero-order valence-electron chi connectivity index (χ0n) is 14.2. The van der Waals surface area contributed by atoms with E-state index in [0.717, 1.165) is 4.57 Å². The Hall–Kier alpha value is -3.23. The van der Waals surface area contributed by atoms with E-state index in [9.17, 15) is 23.9 Å². The van der Waals surface area contributed by atoms with Crippen LogP contribution >= 0.6 is 0 Å². The van der Waals surface area contributed by atoms with E-state index in [1.54, 1.807) is 19.1 Å². The Morgan fingerprint density at radius 3 is 2.62 bits per heavy atom. The number of hydrazone groups is 1. The lowest BCUT2D eigenvalue weighted by atomic mass is 9.99. The quantitative estimate of drug-likeness (QED) is 0.851. The van der Waals surface area contributed by atoms with Crippen LogP contribution in [0, 0.1) is 5.82 Å². The number of halogens is 1. The first-order chi connectivity index (χ1) is 12.3. The third-order valence-corrected chi connectivity index (χ3v) is 4.31. The number of hydrogen-bond donors (Lipinski definition) is 2. The van der Waals surface area contributed by atoms with Crippen LogP contribution in [0.1, 0.15) is 36.9 Å². The predicted octanol–water partition coefficient (Wildman–Crippen LogP) is 1.01. The van der Waals surface area contributed by atoms with Gasteiger partial charge in [0, 0.05) is 19.9 Å². The number of benzene rings is 1. The molecule has 0 aliphatic carbocycles. The molecule has 0 fully saturated rings. The van der Waals surface area contributed by atoms with E-state index in [0.29, 0.717) is 5.56 Å². The van der Waals surface area contributed by atoms with Gasteiger partial charge in [0.1, 0.15) is 11.4 Å². The molecule has 1 aliphatic heterocycles. The number of nitrogens with zero attached hydrogens (tertiary/aromatic N) is 3. The molecule has 2 heterocycles. The van der Waals surface area contributed by atoms with E-state index in [-0.39, 0.29) is 30.0 Å². The third kappa shape index (κ3) is 2.92. The van der Waals surface area contributed by atoms with Crippen LogP contribution in [0.2, 0.25) is 0 Å². The molecule has 1 aromatic heterocycles. The topological polar surface area (TPSA) is 108 Å². The lowest BCUT2D eigenvalue weighted by Gasteiger charge is -2.21. The summed E-state index contributed by atoms with van der Waals surface area (Å²) >= 11 is 0. The highest BCUT2D eigenvalue weighted by atomic mass is 19.1. The molecule has 1 aromatic carbocycles. The van der Waals surface area contributed by atoms with Crippen molar-refractivity contribution in [1.82, 2.24) is 14.6 Å². The summed E-state index contributed by atoms with van der Waals surface area (Å²) < 4.78 is 14.1. The van der Waals surface area contributed by atoms with Gasteiger partial charge in [0.2, 0.25) is 11.8 Å². The molecule has 0 bridgehead atoms. The second kappa shape index (κ2) is 6.58. The average molecular weight is 360 g/mol. The lowest BCUT2D eigenvalue weighted by molar-refractivity contribution is -0.132. The smallest absolute Gasteiger partial charge is 0.330 e. The lowest BCUT2D eigenvalue weighted by Crippen LogP contribution is -2.32. The molecular weight excluding hydrogens is 343 g/mol. The third-order valence-electron chi connectivity index (χ3n) is 4.31. The first-order valence-electron chi connectivity index (χ1n) is 8.01. The van der Waals surface area contributed by atoms with Crippen molar-refractivity contribution in [2.75, 3.05) is 0 Å². The van der Waals surface area contributed by atoms with Crippen LogP contribution in [0.25, 0.3) is 0 Å². The monoisotopic (exact) mass is 360 g/mol. The van der Waals surface area contributed by atoms with Crippen LogP contribution in [-0.2, 0) is 11.8 Å². The van der Waals surface area contributed by atoms with Gasteiger partial charge in [-0.15, -0.1) is 0 Å². The fourth-order valence-corrected chi connectivity index (χ4v) is 2.87. The Bertz CT molecular complexity index is 1010. The second-order valence-corrected chi connectivity index (χ2v) is 5.93. The molecule has 0 spiro atoms. The van der Waals surface area contributed by atoms with Gasteiger partial charge in [-0.1, -0.05) is 19.1 Å². The number of rotatable bonds is 3. The van der Waals surface area contributed by atoms with Crippen LogP contribution in [0.15, 0.2) is 39.0 Å². The van der Waals surface area contributed by atoms with Crippen LogP contribution in [0.4, 0.5) is 4.39 Å². The van der Waals surface area contributed by atoms with Gasteiger partial charge < -0.3 is 5.11 Å². The van der Waals surface area contributed by atoms with Gasteiger partial charge in [0.25, 0.3) is 5.56 Å². The van der Waals surface area contributed by atoms with Gasteiger partial charge in [-0.25, -0.2) is 14.2 Å². The van der Waals surface area contributed by atoms with Crippen molar-refractivity contribution in [2.45, 2.75) is 25.8 Å². The minimum atomic E-state index is -0.784. The van der Waals surface area contributed by atoms with E-state index in [2.05, 4.69) is 10.1 Å². The number of nitrogens with one attached hydrogen (secondary N) is 1. The van der Waals surface area contributed by atoms with Crippen LogP contribution in [-0.4, -0.2) is 31.3 Å². The summed E-state index contributed by atoms with van der Waals surface area (Å²) in [6, 6.07) is 5.10. The molecule has 0 saturated carbocycles. The maximum atomic E-state index is 13.2. The normalized spacial score (nSPS) is 16.7. The Kier molecular flexibility index (Phi) is 4.45. The summed E-state index contributed by atoms with van der Waals surface area (Å²) in [7, 11) is 1.30. The van der Waals surface area contributed by atoms with E-state index in [4.69, 9.17) is 0 Å². The number of aromatic amines is 1. The number of aromatic hydroxyl groups is 1. The van der Waals surface area contributed by atoms with Crippen molar-refractivity contribution in [3.8, 4) is 5.88 Å². The molecule has 9 heteroatoms. The molecule has 1 aliphatic rings. The minimum absolute atomic E-state index is 0.145. The molecule has 0 radical (unpaired) electrons. The van der Waals surface area contributed by atoms with Crippen LogP contribution < -0.4 is 11.2 Å². The number of carbonyl (C=O) groups is 1. The van der Waals surface area contributed by atoms with Crippen molar-refractivity contribution in [2.24, 2.45) is 12.1 Å². The van der Waals surface area contributed by atoms with Crippen molar-refractivity contribution >= 4 is 11.6 Å². The van der Waals surface area contributed by atoms with Crippen molar-refractivity contribution in [3.63, 3.8) is 0 Å². The molecule has 1 amide bonds. The molecule has 136 valence electrons. The maximum Gasteiger partial charge on any atom is 0.330 e. The van der Waals surface area contributed by atoms with Gasteiger partial charge in [-0.2, -0.15) is 5.10 Å². The Morgan fingerprint density at radius 2 is 2.00 bits per heavy atom. The molecule has 2 N–H and O–H groups in total. The fraction of sp³-hybridized carbons (Fsp3) is 0.294. The highest BCUT2D eigenvalue weighted by molar-refractivity contribution is 6.04. The molecule has 1 atom stereocenters. The van der Waals surface area contributed by atoms with Crippen molar-refractivity contribution < 1.29 is 14.3 Å². The molecule has 0 unspecified atom stereocenters. The summed E-state index contributed by atoms with van der Waals surface area (Å²) in [6.45, 7) is 1.67. The first kappa shape index (κ1) is 17.6. The Balaban J connectivity index is 2.09. The summed E-state index contributed by atoms with van der Waals surface area (Å²) in [6.07, 6.45) is 0.330. The van der Waals surface area contributed by atoms with Gasteiger partial charge in [0.15, 0.2) is 0 Å². The maximum absolute atomic E-state index is 13.2. The standard InChI is InChI=1S/C17H17FN4O4/c1-3-13(23)22-12(9-4-6-10(18)7-5-9)8-11(20-22)14-15(24)19-17(26)21(2)16(14)25/h4-7,12,25H,3,8H2,1-2H3,(H,19,24,26)/t12-/m1/s1.